The fourth-order valence-electron chi connectivity index (χ4n) is 4.66. The molecular formula is C31H52O5. The Kier molecular flexibility index (Phi) is 19.7. The first kappa shape index (κ1) is 32.0. The lowest BCUT2D eigenvalue weighted by Crippen LogP contribution is -2.01. The number of hydrogen-bond donors (Lipinski definition) is 2. The Hall–Kier alpha value is -2.04. The molecule has 0 spiro atoms. The predicted octanol–water partition coefficient (Wildman–Crippen LogP) is 8.75. The monoisotopic (exact) mass is 504 g/mol. The Labute approximate surface area is 220 Å². The minimum atomic E-state index is -0.685. The maximum atomic E-state index is 10.6. The highest BCUT2D eigenvalue weighted by Gasteiger charge is 2.06. The quantitative estimate of drug-likeness (QED) is 0.130. The van der Waals surface area contributed by atoms with Crippen molar-refractivity contribution in [2.45, 2.75) is 142 Å². The number of ether oxygens (including phenoxy) is 1. The number of carbonyl (C=O) groups is 2. The lowest BCUT2D eigenvalue weighted by atomic mass is 9.96. The van der Waals surface area contributed by atoms with E-state index in [1.807, 2.05) is 0 Å². The smallest absolute Gasteiger partial charge is 0.303 e. The number of hydrogen-bond acceptors (Lipinski definition) is 3. The molecule has 206 valence electrons. The Morgan fingerprint density at radius 1 is 0.611 bits per heavy atom. The third-order valence-electron chi connectivity index (χ3n) is 6.87. The second-order valence-corrected chi connectivity index (χ2v) is 10.2. The van der Waals surface area contributed by atoms with Crippen molar-refractivity contribution in [3.63, 3.8) is 0 Å². The van der Waals surface area contributed by atoms with E-state index < -0.39 is 11.9 Å². The Balaban J connectivity index is 2.37. The fraction of sp³-hybridized carbons (Fsp3) is 0.742. The summed E-state index contributed by atoms with van der Waals surface area (Å²) in [7, 11) is 0. The molecule has 0 saturated carbocycles. The van der Waals surface area contributed by atoms with Gasteiger partial charge in [0, 0.05) is 12.8 Å². The standard InChI is InChI=1S/C31H52O5/c1-2-3-18-25-36-29-24-23-27(19-14-10-6-4-8-12-16-21-30(32)33)28(26-29)20-15-11-7-5-9-13-17-22-31(34)35/h23-24,26H,2-22,25H2,1H3,(H,32,33)(H,34,35). The molecule has 0 unspecified atom stereocenters. The summed E-state index contributed by atoms with van der Waals surface area (Å²) >= 11 is 0. The van der Waals surface area contributed by atoms with Crippen LogP contribution in [0.25, 0.3) is 0 Å². The van der Waals surface area contributed by atoms with Gasteiger partial charge in [-0.1, -0.05) is 90.0 Å². The average molecular weight is 505 g/mol. The number of rotatable bonds is 25. The van der Waals surface area contributed by atoms with E-state index in [-0.39, 0.29) is 0 Å². The highest BCUT2D eigenvalue weighted by molar-refractivity contribution is 5.66. The molecule has 0 radical (unpaired) electrons. The first-order chi connectivity index (χ1) is 17.5. The molecule has 0 aliphatic carbocycles. The highest BCUT2D eigenvalue weighted by Crippen LogP contribution is 2.23. The Morgan fingerprint density at radius 3 is 1.58 bits per heavy atom. The van der Waals surface area contributed by atoms with Crippen molar-refractivity contribution in [2.24, 2.45) is 0 Å². The zero-order valence-corrected chi connectivity index (χ0v) is 22.9. The number of benzene rings is 1. The molecule has 0 atom stereocenters. The number of aryl methyl sites for hydroxylation is 2. The van der Waals surface area contributed by atoms with Crippen molar-refractivity contribution in [2.75, 3.05) is 6.61 Å². The summed E-state index contributed by atoms with van der Waals surface area (Å²) < 4.78 is 6.03. The molecule has 1 aromatic rings. The molecular weight excluding hydrogens is 452 g/mol. The van der Waals surface area contributed by atoms with Gasteiger partial charge in [-0.3, -0.25) is 9.59 Å². The Morgan fingerprint density at radius 2 is 1.08 bits per heavy atom. The number of carboxylic acid groups (broad SMARTS) is 2. The zero-order valence-electron chi connectivity index (χ0n) is 22.9. The van der Waals surface area contributed by atoms with Crippen LogP contribution in [0.3, 0.4) is 0 Å². The van der Waals surface area contributed by atoms with E-state index in [0.717, 1.165) is 70.1 Å². The molecule has 1 rings (SSSR count). The van der Waals surface area contributed by atoms with Crippen LogP contribution in [0.5, 0.6) is 5.75 Å². The van der Waals surface area contributed by atoms with Gasteiger partial charge in [0.05, 0.1) is 6.61 Å². The van der Waals surface area contributed by atoms with Crippen LogP contribution in [0.1, 0.15) is 140 Å². The minimum absolute atomic E-state index is 0.298. The largest absolute Gasteiger partial charge is 0.494 e. The third kappa shape index (κ3) is 18.3. The van der Waals surface area contributed by atoms with Gasteiger partial charge in [-0.2, -0.15) is 0 Å². The van der Waals surface area contributed by atoms with Crippen LogP contribution in [-0.4, -0.2) is 28.8 Å². The van der Waals surface area contributed by atoms with Gasteiger partial charge in [-0.05, 0) is 68.2 Å². The van der Waals surface area contributed by atoms with Gasteiger partial charge in [0.25, 0.3) is 0 Å². The maximum absolute atomic E-state index is 10.6. The molecule has 5 nitrogen and oxygen atoms in total. The summed E-state index contributed by atoms with van der Waals surface area (Å²) in [6.07, 6.45) is 22.0. The van der Waals surface area contributed by atoms with Crippen LogP contribution in [0.15, 0.2) is 18.2 Å². The van der Waals surface area contributed by atoms with Crippen LogP contribution in [0, 0.1) is 0 Å². The highest BCUT2D eigenvalue weighted by atomic mass is 16.5. The van der Waals surface area contributed by atoms with Gasteiger partial charge in [-0.15, -0.1) is 0 Å². The predicted molar refractivity (Wildman–Crippen MR) is 148 cm³/mol. The van der Waals surface area contributed by atoms with Crippen molar-refractivity contribution >= 4 is 11.9 Å². The number of unbranched alkanes of at least 4 members (excludes halogenated alkanes) is 14. The molecule has 2 N–H and O–H groups in total. The molecule has 0 amide bonds. The number of carboxylic acids is 2. The average Bonchev–Trinajstić information content (AvgIpc) is 2.85. The fourth-order valence-corrected chi connectivity index (χ4v) is 4.66. The van der Waals surface area contributed by atoms with Crippen LogP contribution in [0.2, 0.25) is 0 Å². The van der Waals surface area contributed by atoms with Crippen molar-refractivity contribution in [1.29, 1.82) is 0 Å². The summed E-state index contributed by atoms with van der Waals surface area (Å²) in [4.78, 5) is 21.2. The van der Waals surface area contributed by atoms with E-state index in [0.29, 0.717) is 12.8 Å². The molecule has 0 bridgehead atoms. The minimum Gasteiger partial charge on any atom is -0.494 e. The van der Waals surface area contributed by atoms with Crippen LogP contribution in [-0.2, 0) is 22.4 Å². The summed E-state index contributed by atoms with van der Waals surface area (Å²) in [5.74, 6) is -0.365. The molecule has 0 aromatic heterocycles. The first-order valence-corrected chi connectivity index (χ1v) is 14.7. The van der Waals surface area contributed by atoms with E-state index in [2.05, 4.69) is 25.1 Å². The van der Waals surface area contributed by atoms with Gasteiger partial charge in [0.15, 0.2) is 0 Å². The lowest BCUT2D eigenvalue weighted by molar-refractivity contribution is -0.138. The van der Waals surface area contributed by atoms with Crippen molar-refractivity contribution < 1.29 is 24.5 Å². The van der Waals surface area contributed by atoms with Gasteiger partial charge in [0.1, 0.15) is 5.75 Å². The van der Waals surface area contributed by atoms with Gasteiger partial charge in [-0.25, -0.2) is 0 Å². The Bertz CT molecular complexity index is 700. The van der Waals surface area contributed by atoms with Gasteiger partial charge < -0.3 is 14.9 Å². The summed E-state index contributed by atoms with van der Waals surface area (Å²) in [5, 5.41) is 17.4. The second kappa shape index (κ2) is 22.2. The molecule has 0 fully saturated rings. The van der Waals surface area contributed by atoms with E-state index >= 15 is 0 Å². The van der Waals surface area contributed by atoms with Crippen molar-refractivity contribution in [3.8, 4) is 5.75 Å². The SMILES string of the molecule is CCCCCOc1ccc(CCCCCCCCCC(=O)O)c(CCCCCCCCCC(=O)O)c1. The first-order valence-electron chi connectivity index (χ1n) is 14.7. The third-order valence-corrected chi connectivity index (χ3v) is 6.87. The van der Waals surface area contributed by atoms with E-state index in [1.165, 1.54) is 75.3 Å². The molecule has 0 aliphatic rings. The summed E-state index contributed by atoms with van der Waals surface area (Å²) in [6.45, 7) is 3.00. The molecule has 0 heterocycles. The van der Waals surface area contributed by atoms with Crippen molar-refractivity contribution in [1.82, 2.24) is 0 Å². The second-order valence-electron chi connectivity index (χ2n) is 10.2. The van der Waals surface area contributed by atoms with Crippen LogP contribution >= 0.6 is 0 Å². The van der Waals surface area contributed by atoms with Crippen LogP contribution in [0.4, 0.5) is 0 Å². The normalized spacial score (nSPS) is 11.0. The van der Waals surface area contributed by atoms with Gasteiger partial charge >= 0.3 is 11.9 Å². The molecule has 5 heteroatoms. The van der Waals surface area contributed by atoms with E-state index in [1.54, 1.807) is 0 Å². The molecule has 36 heavy (non-hydrogen) atoms. The zero-order chi connectivity index (χ0) is 26.3. The molecule has 1 aromatic carbocycles. The molecule has 0 aliphatic heterocycles. The maximum Gasteiger partial charge on any atom is 0.303 e. The number of aliphatic carboxylic acids is 2. The van der Waals surface area contributed by atoms with Crippen LogP contribution < -0.4 is 4.74 Å². The lowest BCUT2D eigenvalue weighted by Gasteiger charge is -2.13. The topological polar surface area (TPSA) is 83.8 Å². The van der Waals surface area contributed by atoms with Gasteiger partial charge in [0.2, 0.25) is 0 Å². The summed E-state index contributed by atoms with van der Waals surface area (Å²) in [6, 6.07) is 6.69. The molecule has 0 saturated heterocycles. The summed E-state index contributed by atoms with van der Waals surface area (Å²) in [5.41, 5.74) is 2.91. The van der Waals surface area contributed by atoms with E-state index in [9.17, 15) is 9.59 Å². The van der Waals surface area contributed by atoms with E-state index in [4.69, 9.17) is 14.9 Å². The van der Waals surface area contributed by atoms with Crippen molar-refractivity contribution in [3.05, 3.63) is 29.3 Å².